The standard InChI is InChI=1S/C11H11BrN4/c1-8(9-2-4-13-5-3-9)16-11-10(12)6-14-7-15-11/h2-8H,1H3,(H,14,15,16)/t8-/m1/s1. The maximum atomic E-state index is 4.16. The lowest BCUT2D eigenvalue weighted by Gasteiger charge is -2.15. The van der Waals surface area contributed by atoms with Crippen molar-refractivity contribution in [3.05, 3.63) is 47.1 Å². The fraction of sp³-hybridized carbons (Fsp3) is 0.182. The Hall–Kier alpha value is -1.49. The van der Waals surface area contributed by atoms with Gasteiger partial charge in [-0.2, -0.15) is 0 Å². The van der Waals surface area contributed by atoms with Gasteiger partial charge in [-0.1, -0.05) is 0 Å². The molecule has 2 aromatic heterocycles. The smallest absolute Gasteiger partial charge is 0.144 e. The molecule has 2 rings (SSSR count). The van der Waals surface area contributed by atoms with Crippen molar-refractivity contribution < 1.29 is 0 Å². The van der Waals surface area contributed by atoms with E-state index in [1.807, 2.05) is 12.1 Å². The molecule has 4 nitrogen and oxygen atoms in total. The van der Waals surface area contributed by atoms with Crippen LogP contribution in [0.4, 0.5) is 5.82 Å². The Balaban J connectivity index is 2.14. The zero-order chi connectivity index (χ0) is 11.4. The molecule has 0 saturated carbocycles. The van der Waals surface area contributed by atoms with Gasteiger partial charge in [0, 0.05) is 18.6 Å². The van der Waals surface area contributed by atoms with Gasteiger partial charge in [-0.05, 0) is 40.5 Å². The van der Waals surface area contributed by atoms with E-state index in [0.717, 1.165) is 10.3 Å². The normalized spacial score (nSPS) is 12.1. The lowest BCUT2D eigenvalue weighted by molar-refractivity contribution is 0.866. The summed E-state index contributed by atoms with van der Waals surface area (Å²) in [5.74, 6) is 0.791. The van der Waals surface area contributed by atoms with Crippen LogP contribution in [0, 0.1) is 0 Å². The molecule has 0 aliphatic heterocycles. The fourth-order valence-electron chi connectivity index (χ4n) is 1.36. The minimum atomic E-state index is 0.175. The van der Waals surface area contributed by atoms with Crippen molar-refractivity contribution in [2.75, 3.05) is 5.32 Å². The Morgan fingerprint density at radius 3 is 2.69 bits per heavy atom. The van der Waals surface area contributed by atoms with Crippen LogP contribution < -0.4 is 5.32 Å². The van der Waals surface area contributed by atoms with Gasteiger partial charge in [0.2, 0.25) is 0 Å². The first-order valence-corrected chi connectivity index (χ1v) is 5.68. The average molecular weight is 279 g/mol. The third-order valence-corrected chi connectivity index (χ3v) is 2.81. The zero-order valence-electron chi connectivity index (χ0n) is 8.76. The maximum absolute atomic E-state index is 4.16. The van der Waals surface area contributed by atoms with Crippen molar-refractivity contribution in [2.45, 2.75) is 13.0 Å². The molecule has 0 aromatic carbocycles. The van der Waals surface area contributed by atoms with E-state index in [4.69, 9.17) is 0 Å². The molecular weight excluding hydrogens is 268 g/mol. The second-order valence-electron chi connectivity index (χ2n) is 3.37. The van der Waals surface area contributed by atoms with Gasteiger partial charge in [0.15, 0.2) is 0 Å². The average Bonchev–Trinajstić information content (AvgIpc) is 2.33. The molecule has 1 atom stereocenters. The highest BCUT2D eigenvalue weighted by Gasteiger charge is 2.07. The number of rotatable bonds is 3. The third-order valence-electron chi connectivity index (χ3n) is 2.23. The van der Waals surface area contributed by atoms with Crippen molar-refractivity contribution in [2.24, 2.45) is 0 Å². The number of anilines is 1. The van der Waals surface area contributed by atoms with Gasteiger partial charge in [0.25, 0.3) is 0 Å². The van der Waals surface area contributed by atoms with Crippen LogP contribution in [-0.4, -0.2) is 15.0 Å². The monoisotopic (exact) mass is 278 g/mol. The Labute approximate surface area is 102 Å². The summed E-state index contributed by atoms with van der Waals surface area (Å²) >= 11 is 3.40. The van der Waals surface area contributed by atoms with Crippen LogP contribution in [0.3, 0.4) is 0 Å². The molecule has 1 N–H and O–H groups in total. The number of aromatic nitrogens is 3. The van der Waals surface area contributed by atoms with Crippen molar-refractivity contribution in [1.29, 1.82) is 0 Å². The molecule has 2 aromatic rings. The Bertz CT molecular complexity index is 461. The van der Waals surface area contributed by atoms with Gasteiger partial charge in [0.05, 0.1) is 10.5 Å². The number of hydrogen-bond acceptors (Lipinski definition) is 4. The second kappa shape index (κ2) is 5.03. The van der Waals surface area contributed by atoms with E-state index in [0.29, 0.717) is 0 Å². The molecule has 2 heterocycles. The minimum Gasteiger partial charge on any atom is -0.363 e. The van der Waals surface area contributed by atoms with Crippen LogP contribution in [0.2, 0.25) is 0 Å². The molecule has 0 amide bonds. The number of nitrogens with one attached hydrogen (secondary N) is 1. The SMILES string of the molecule is C[C@@H](Nc1ncncc1Br)c1ccncc1. The first-order chi connectivity index (χ1) is 7.77. The molecule has 82 valence electrons. The van der Waals surface area contributed by atoms with Gasteiger partial charge in [-0.3, -0.25) is 4.98 Å². The Morgan fingerprint density at radius 1 is 1.25 bits per heavy atom. The molecule has 0 spiro atoms. The van der Waals surface area contributed by atoms with Gasteiger partial charge in [-0.15, -0.1) is 0 Å². The summed E-state index contributed by atoms with van der Waals surface area (Å²) in [7, 11) is 0. The van der Waals surface area contributed by atoms with Crippen LogP contribution in [0.15, 0.2) is 41.5 Å². The molecule has 0 bridgehead atoms. The molecule has 0 aliphatic carbocycles. The molecule has 0 fully saturated rings. The minimum absolute atomic E-state index is 0.175. The van der Waals surface area contributed by atoms with E-state index >= 15 is 0 Å². The largest absolute Gasteiger partial charge is 0.363 e. The topological polar surface area (TPSA) is 50.7 Å². The van der Waals surface area contributed by atoms with Crippen molar-refractivity contribution in [3.63, 3.8) is 0 Å². The van der Waals surface area contributed by atoms with Crippen LogP contribution in [0.5, 0.6) is 0 Å². The zero-order valence-corrected chi connectivity index (χ0v) is 10.3. The number of hydrogen-bond donors (Lipinski definition) is 1. The summed E-state index contributed by atoms with van der Waals surface area (Å²) in [5, 5.41) is 3.30. The summed E-state index contributed by atoms with van der Waals surface area (Å²) in [5.41, 5.74) is 1.17. The summed E-state index contributed by atoms with van der Waals surface area (Å²) in [6, 6.07) is 4.13. The van der Waals surface area contributed by atoms with Gasteiger partial charge >= 0.3 is 0 Å². The maximum Gasteiger partial charge on any atom is 0.144 e. The third kappa shape index (κ3) is 2.55. The first kappa shape index (κ1) is 11.0. The highest BCUT2D eigenvalue weighted by atomic mass is 79.9. The number of pyridine rings is 1. The van der Waals surface area contributed by atoms with Crippen molar-refractivity contribution >= 4 is 21.7 Å². The molecule has 5 heteroatoms. The molecule has 0 aliphatic rings. The molecule has 0 radical (unpaired) electrons. The van der Waals surface area contributed by atoms with Gasteiger partial charge in [0.1, 0.15) is 12.1 Å². The van der Waals surface area contributed by atoms with Crippen LogP contribution in [0.25, 0.3) is 0 Å². The first-order valence-electron chi connectivity index (χ1n) is 4.89. The molecular formula is C11H11BrN4. The van der Waals surface area contributed by atoms with Crippen molar-refractivity contribution in [3.8, 4) is 0 Å². The lowest BCUT2D eigenvalue weighted by atomic mass is 10.1. The highest BCUT2D eigenvalue weighted by Crippen LogP contribution is 2.22. The number of halogens is 1. The second-order valence-corrected chi connectivity index (χ2v) is 4.22. The quantitative estimate of drug-likeness (QED) is 0.938. The van der Waals surface area contributed by atoms with E-state index in [1.54, 1.807) is 18.6 Å². The van der Waals surface area contributed by atoms with Crippen LogP contribution >= 0.6 is 15.9 Å². The Kier molecular flexibility index (Phi) is 3.46. The molecule has 0 unspecified atom stereocenters. The number of nitrogens with zero attached hydrogens (tertiary/aromatic N) is 3. The lowest BCUT2D eigenvalue weighted by Crippen LogP contribution is -2.08. The van der Waals surface area contributed by atoms with Gasteiger partial charge < -0.3 is 5.32 Å². The molecule has 16 heavy (non-hydrogen) atoms. The summed E-state index contributed by atoms with van der Waals surface area (Å²) < 4.78 is 0.857. The Morgan fingerprint density at radius 2 is 2.00 bits per heavy atom. The van der Waals surface area contributed by atoms with E-state index < -0.39 is 0 Å². The van der Waals surface area contributed by atoms with Crippen molar-refractivity contribution in [1.82, 2.24) is 15.0 Å². The van der Waals surface area contributed by atoms with E-state index in [2.05, 4.69) is 43.1 Å². The predicted octanol–water partition coefficient (Wildman–Crippen LogP) is 2.81. The fourth-order valence-corrected chi connectivity index (χ4v) is 1.69. The van der Waals surface area contributed by atoms with Crippen LogP contribution in [0.1, 0.15) is 18.5 Å². The predicted molar refractivity (Wildman–Crippen MR) is 66.0 cm³/mol. The van der Waals surface area contributed by atoms with E-state index in [9.17, 15) is 0 Å². The summed E-state index contributed by atoms with van der Waals surface area (Å²) in [4.78, 5) is 12.1. The highest BCUT2D eigenvalue weighted by molar-refractivity contribution is 9.10. The summed E-state index contributed by atoms with van der Waals surface area (Å²) in [6.45, 7) is 2.07. The summed E-state index contributed by atoms with van der Waals surface area (Å²) in [6.07, 6.45) is 6.80. The van der Waals surface area contributed by atoms with Crippen LogP contribution in [-0.2, 0) is 0 Å². The van der Waals surface area contributed by atoms with E-state index in [-0.39, 0.29) is 6.04 Å². The van der Waals surface area contributed by atoms with Gasteiger partial charge in [-0.25, -0.2) is 9.97 Å². The van der Waals surface area contributed by atoms with E-state index in [1.165, 1.54) is 11.9 Å². The molecule has 0 saturated heterocycles.